The number of hydrogen-bond donors (Lipinski definition) is 2. The monoisotopic (exact) mass is 194 g/mol. The molecule has 78 valence electrons. The number of nitrogens with two attached hydrogens (primary N) is 1. The molecule has 0 saturated carbocycles. The first-order valence-electron chi connectivity index (χ1n) is 4.88. The van der Waals surface area contributed by atoms with Gasteiger partial charge in [-0.3, -0.25) is 0 Å². The number of nitrogens with zero attached hydrogens (tertiary/aromatic N) is 2. The molecule has 0 aliphatic rings. The lowest BCUT2D eigenvalue weighted by Gasteiger charge is -2.11. The zero-order valence-corrected chi connectivity index (χ0v) is 9.04. The summed E-state index contributed by atoms with van der Waals surface area (Å²) in [7, 11) is 0. The Hall–Kier alpha value is -1.16. The maximum absolute atomic E-state index is 5.52. The standard InChI is InChI=1S/C10H18N4/c1-7(5-11)6-12-10-4-8(2)13-9(3)14-10/h4,7H,5-6,11H2,1-3H3,(H,12,13,14). The van der Waals surface area contributed by atoms with Crippen LogP contribution in [0.1, 0.15) is 18.4 Å². The van der Waals surface area contributed by atoms with Crippen molar-refractivity contribution in [2.24, 2.45) is 11.7 Å². The van der Waals surface area contributed by atoms with Crippen LogP contribution in [-0.2, 0) is 0 Å². The number of anilines is 1. The Bertz CT molecular complexity index is 278. The van der Waals surface area contributed by atoms with Crippen molar-refractivity contribution in [2.45, 2.75) is 20.8 Å². The Morgan fingerprint density at radius 2 is 2.14 bits per heavy atom. The van der Waals surface area contributed by atoms with Crippen molar-refractivity contribution in [1.29, 1.82) is 0 Å². The molecule has 0 aliphatic heterocycles. The van der Waals surface area contributed by atoms with Gasteiger partial charge in [-0.15, -0.1) is 0 Å². The zero-order chi connectivity index (χ0) is 10.6. The lowest BCUT2D eigenvalue weighted by Crippen LogP contribution is -2.20. The molecule has 1 rings (SSSR count). The Morgan fingerprint density at radius 1 is 1.43 bits per heavy atom. The second-order valence-corrected chi connectivity index (χ2v) is 3.66. The summed E-state index contributed by atoms with van der Waals surface area (Å²) in [6.07, 6.45) is 0. The van der Waals surface area contributed by atoms with E-state index < -0.39 is 0 Å². The minimum Gasteiger partial charge on any atom is -0.370 e. The Labute approximate surface area is 85.0 Å². The van der Waals surface area contributed by atoms with E-state index in [9.17, 15) is 0 Å². The first-order chi connectivity index (χ1) is 6.61. The van der Waals surface area contributed by atoms with Crippen molar-refractivity contribution >= 4 is 5.82 Å². The maximum Gasteiger partial charge on any atom is 0.129 e. The summed E-state index contributed by atoms with van der Waals surface area (Å²) in [4.78, 5) is 8.48. The van der Waals surface area contributed by atoms with Crippen molar-refractivity contribution in [1.82, 2.24) is 9.97 Å². The van der Waals surface area contributed by atoms with Gasteiger partial charge in [0.25, 0.3) is 0 Å². The molecule has 3 N–H and O–H groups in total. The molecule has 0 aliphatic carbocycles. The predicted molar refractivity (Wildman–Crippen MR) is 58.2 cm³/mol. The van der Waals surface area contributed by atoms with Gasteiger partial charge in [-0.2, -0.15) is 0 Å². The van der Waals surface area contributed by atoms with Crippen LogP contribution in [0, 0.1) is 19.8 Å². The van der Waals surface area contributed by atoms with Crippen LogP contribution in [0.3, 0.4) is 0 Å². The quantitative estimate of drug-likeness (QED) is 0.753. The van der Waals surface area contributed by atoms with E-state index in [-0.39, 0.29) is 0 Å². The summed E-state index contributed by atoms with van der Waals surface area (Å²) < 4.78 is 0. The van der Waals surface area contributed by atoms with Crippen molar-refractivity contribution in [3.63, 3.8) is 0 Å². The molecule has 4 heteroatoms. The second-order valence-electron chi connectivity index (χ2n) is 3.66. The number of nitrogens with one attached hydrogen (secondary N) is 1. The van der Waals surface area contributed by atoms with E-state index in [4.69, 9.17) is 5.73 Å². The normalized spacial score (nSPS) is 12.6. The fraction of sp³-hybridized carbons (Fsp3) is 0.600. The van der Waals surface area contributed by atoms with Crippen LogP contribution in [0.4, 0.5) is 5.82 Å². The molecule has 0 radical (unpaired) electrons. The highest BCUT2D eigenvalue weighted by molar-refractivity contribution is 5.35. The fourth-order valence-corrected chi connectivity index (χ4v) is 1.17. The van der Waals surface area contributed by atoms with Crippen LogP contribution in [0.15, 0.2) is 6.07 Å². The third-order valence-corrected chi connectivity index (χ3v) is 2.00. The number of rotatable bonds is 4. The van der Waals surface area contributed by atoms with E-state index in [2.05, 4.69) is 22.2 Å². The molecule has 4 nitrogen and oxygen atoms in total. The van der Waals surface area contributed by atoms with Gasteiger partial charge in [0.05, 0.1) is 0 Å². The Balaban J connectivity index is 2.58. The van der Waals surface area contributed by atoms with Crippen LogP contribution in [-0.4, -0.2) is 23.1 Å². The molecular formula is C10H18N4. The maximum atomic E-state index is 5.52. The van der Waals surface area contributed by atoms with Gasteiger partial charge in [0.2, 0.25) is 0 Å². The number of hydrogen-bond acceptors (Lipinski definition) is 4. The van der Waals surface area contributed by atoms with E-state index >= 15 is 0 Å². The van der Waals surface area contributed by atoms with Crippen LogP contribution in [0.2, 0.25) is 0 Å². The molecule has 1 atom stereocenters. The van der Waals surface area contributed by atoms with Crippen molar-refractivity contribution in [2.75, 3.05) is 18.4 Å². The highest BCUT2D eigenvalue weighted by atomic mass is 15.0. The van der Waals surface area contributed by atoms with Crippen molar-refractivity contribution in [3.8, 4) is 0 Å². The van der Waals surface area contributed by atoms with Gasteiger partial charge in [0, 0.05) is 18.3 Å². The average molecular weight is 194 g/mol. The number of aromatic nitrogens is 2. The van der Waals surface area contributed by atoms with E-state index in [1.165, 1.54) is 0 Å². The van der Waals surface area contributed by atoms with E-state index in [1.807, 2.05) is 19.9 Å². The van der Waals surface area contributed by atoms with Crippen molar-refractivity contribution in [3.05, 3.63) is 17.6 Å². The molecule has 0 spiro atoms. The second kappa shape index (κ2) is 4.91. The average Bonchev–Trinajstić information content (AvgIpc) is 2.12. The minimum atomic E-state index is 0.463. The van der Waals surface area contributed by atoms with E-state index in [1.54, 1.807) is 0 Å². The van der Waals surface area contributed by atoms with Gasteiger partial charge in [0.1, 0.15) is 11.6 Å². The van der Waals surface area contributed by atoms with Crippen LogP contribution < -0.4 is 11.1 Å². The number of aryl methyl sites for hydroxylation is 2. The largest absolute Gasteiger partial charge is 0.370 e. The minimum absolute atomic E-state index is 0.463. The van der Waals surface area contributed by atoms with Gasteiger partial charge < -0.3 is 11.1 Å². The molecular weight excluding hydrogens is 176 g/mol. The highest BCUT2D eigenvalue weighted by Crippen LogP contribution is 2.06. The third-order valence-electron chi connectivity index (χ3n) is 2.00. The van der Waals surface area contributed by atoms with E-state index in [0.717, 1.165) is 23.9 Å². The highest BCUT2D eigenvalue weighted by Gasteiger charge is 2.01. The molecule has 14 heavy (non-hydrogen) atoms. The molecule has 0 aromatic carbocycles. The first-order valence-corrected chi connectivity index (χ1v) is 4.88. The summed E-state index contributed by atoms with van der Waals surface area (Å²) in [5, 5.41) is 3.25. The molecule has 1 aromatic rings. The third kappa shape index (κ3) is 3.30. The molecule has 0 bridgehead atoms. The zero-order valence-electron chi connectivity index (χ0n) is 9.04. The topological polar surface area (TPSA) is 63.8 Å². The SMILES string of the molecule is Cc1cc(NCC(C)CN)nc(C)n1. The summed E-state index contributed by atoms with van der Waals surface area (Å²) in [5.41, 5.74) is 6.51. The van der Waals surface area contributed by atoms with Gasteiger partial charge in [-0.05, 0) is 26.3 Å². The van der Waals surface area contributed by atoms with Gasteiger partial charge in [0.15, 0.2) is 0 Å². The van der Waals surface area contributed by atoms with Crippen molar-refractivity contribution < 1.29 is 0 Å². The fourth-order valence-electron chi connectivity index (χ4n) is 1.17. The Morgan fingerprint density at radius 3 is 2.71 bits per heavy atom. The summed E-state index contributed by atoms with van der Waals surface area (Å²) in [5.74, 6) is 2.15. The molecule has 1 heterocycles. The lowest BCUT2D eigenvalue weighted by molar-refractivity contribution is 0.626. The predicted octanol–water partition coefficient (Wildman–Crippen LogP) is 1.10. The van der Waals surface area contributed by atoms with Gasteiger partial charge in [-0.1, -0.05) is 6.92 Å². The first kappa shape index (κ1) is 10.9. The van der Waals surface area contributed by atoms with Gasteiger partial charge in [-0.25, -0.2) is 9.97 Å². The summed E-state index contributed by atoms with van der Waals surface area (Å²) >= 11 is 0. The lowest BCUT2D eigenvalue weighted by atomic mass is 10.2. The van der Waals surface area contributed by atoms with Gasteiger partial charge >= 0.3 is 0 Å². The molecule has 1 unspecified atom stereocenters. The molecule has 0 amide bonds. The molecule has 0 fully saturated rings. The van der Waals surface area contributed by atoms with Crippen LogP contribution in [0.25, 0.3) is 0 Å². The molecule has 0 saturated heterocycles. The summed E-state index contributed by atoms with van der Waals surface area (Å²) in [6.45, 7) is 7.51. The summed E-state index contributed by atoms with van der Waals surface area (Å²) in [6, 6.07) is 1.94. The van der Waals surface area contributed by atoms with Crippen LogP contribution in [0.5, 0.6) is 0 Å². The van der Waals surface area contributed by atoms with E-state index in [0.29, 0.717) is 12.5 Å². The molecule has 1 aromatic heterocycles. The Kier molecular flexibility index (Phi) is 3.83. The van der Waals surface area contributed by atoms with Crippen LogP contribution >= 0.6 is 0 Å². The smallest absolute Gasteiger partial charge is 0.129 e.